The lowest BCUT2D eigenvalue weighted by molar-refractivity contribution is 0.100. The van der Waals surface area contributed by atoms with Gasteiger partial charge in [0.2, 0.25) is 10.0 Å². The third-order valence-electron chi connectivity index (χ3n) is 5.67. The molecule has 0 spiro atoms. The van der Waals surface area contributed by atoms with Crippen LogP contribution in [0.2, 0.25) is 0 Å². The third-order valence-corrected chi connectivity index (χ3v) is 6.91. The van der Waals surface area contributed by atoms with Crippen LogP contribution >= 0.6 is 0 Å². The lowest BCUT2D eigenvalue weighted by atomic mass is 10.00. The summed E-state index contributed by atoms with van der Waals surface area (Å²) >= 11 is 0. The highest BCUT2D eigenvalue weighted by Crippen LogP contribution is 2.32. The zero-order valence-electron chi connectivity index (χ0n) is 17.1. The predicted octanol–water partition coefficient (Wildman–Crippen LogP) is 0.916. The number of hydrogen-bond donors (Lipinski definition) is 2. The molecular weight excluding hydrogens is 406 g/mol. The van der Waals surface area contributed by atoms with E-state index in [2.05, 4.69) is 15.5 Å². The van der Waals surface area contributed by atoms with Crippen LogP contribution in [0.5, 0.6) is 0 Å². The molecule has 0 bridgehead atoms. The molecule has 1 aliphatic heterocycles. The van der Waals surface area contributed by atoms with Crippen LogP contribution in [0.15, 0.2) is 30.9 Å². The van der Waals surface area contributed by atoms with Crippen LogP contribution in [0.4, 0.5) is 5.69 Å². The van der Waals surface area contributed by atoms with E-state index in [1.54, 1.807) is 15.4 Å². The Labute approximate surface area is 174 Å². The molecular formula is C19H25N7O3S. The summed E-state index contributed by atoms with van der Waals surface area (Å²) in [6.07, 6.45) is 8.97. The lowest BCUT2D eigenvalue weighted by Crippen LogP contribution is -2.32. The van der Waals surface area contributed by atoms with Gasteiger partial charge in [0.05, 0.1) is 35.4 Å². The molecule has 2 atom stereocenters. The number of nitrogens with one attached hydrogen (secondary N) is 1. The first kappa shape index (κ1) is 20.4. The van der Waals surface area contributed by atoms with Crippen molar-refractivity contribution < 1.29 is 13.2 Å². The molecule has 0 radical (unpaired) electrons. The molecule has 0 aliphatic carbocycles. The average Bonchev–Trinajstić information content (AvgIpc) is 3.38. The zero-order valence-corrected chi connectivity index (χ0v) is 17.9. The van der Waals surface area contributed by atoms with E-state index in [-0.39, 0.29) is 17.5 Å². The molecule has 0 saturated carbocycles. The third kappa shape index (κ3) is 3.65. The molecule has 4 heterocycles. The second kappa shape index (κ2) is 7.40. The number of anilines is 1. The maximum atomic E-state index is 12.1. The molecule has 1 amide bonds. The first-order valence-electron chi connectivity index (χ1n) is 9.69. The molecule has 1 aliphatic rings. The van der Waals surface area contributed by atoms with Gasteiger partial charge in [0.25, 0.3) is 5.91 Å². The number of aryl methyl sites for hydroxylation is 1. The van der Waals surface area contributed by atoms with Crippen molar-refractivity contribution in [3.8, 4) is 11.1 Å². The van der Waals surface area contributed by atoms with Crippen molar-refractivity contribution in [1.29, 1.82) is 0 Å². The van der Waals surface area contributed by atoms with Crippen LogP contribution in [-0.2, 0) is 17.1 Å². The monoisotopic (exact) mass is 431 g/mol. The summed E-state index contributed by atoms with van der Waals surface area (Å²) in [4.78, 5) is 12.1. The quantitative estimate of drug-likeness (QED) is 0.597. The smallest absolute Gasteiger partial charge is 0.252 e. The number of carbonyl (C=O) groups is 1. The molecule has 1 saturated heterocycles. The number of sulfonamides is 1. The van der Waals surface area contributed by atoms with Gasteiger partial charge in [-0.25, -0.2) is 12.9 Å². The molecule has 3 aromatic heterocycles. The van der Waals surface area contributed by atoms with Gasteiger partial charge in [-0.2, -0.15) is 14.5 Å². The van der Waals surface area contributed by atoms with Gasteiger partial charge in [0.15, 0.2) is 0 Å². The fourth-order valence-electron chi connectivity index (χ4n) is 3.99. The fourth-order valence-corrected chi connectivity index (χ4v) is 4.88. The van der Waals surface area contributed by atoms with E-state index in [1.165, 1.54) is 16.8 Å². The van der Waals surface area contributed by atoms with E-state index in [0.717, 1.165) is 17.5 Å². The highest BCUT2D eigenvalue weighted by Gasteiger charge is 2.36. The molecule has 160 valence electrons. The Morgan fingerprint density at radius 3 is 2.60 bits per heavy atom. The molecule has 30 heavy (non-hydrogen) atoms. The average molecular weight is 432 g/mol. The van der Waals surface area contributed by atoms with Gasteiger partial charge < -0.3 is 11.1 Å². The van der Waals surface area contributed by atoms with Crippen molar-refractivity contribution in [3.63, 3.8) is 0 Å². The predicted molar refractivity (Wildman–Crippen MR) is 114 cm³/mol. The second-order valence-corrected chi connectivity index (χ2v) is 9.74. The van der Waals surface area contributed by atoms with E-state index in [4.69, 9.17) is 5.73 Å². The zero-order chi connectivity index (χ0) is 21.6. The minimum absolute atomic E-state index is 0.112. The molecule has 11 heteroatoms. The summed E-state index contributed by atoms with van der Waals surface area (Å²) in [6, 6.07) is 1.77. The molecule has 3 aromatic rings. The Hall–Kier alpha value is -2.92. The Morgan fingerprint density at radius 1 is 1.23 bits per heavy atom. The summed E-state index contributed by atoms with van der Waals surface area (Å²) < 4.78 is 29.0. The van der Waals surface area contributed by atoms with E-state index >= 15 is 0 Å². The van der Waals surface area contributed by atoms with E-state index in [1.807, 2.05) is 32.4 Å². The standard InChI is InChI=1S/C19H25N7O3S/c1-4-12-9-25(30(3,28)29)11-16(12)23-18-15(19(20)27)7-22-26-10-13(5-17(18)26)14-6-21-24(2)8-14/h5-8,10,12,16,23H,4,9,11H2,1-3H3,(H2,20,27)/t12-,16+/m0/s1. The number of carbonyl (C=O) groups excluding carboxylic acids is 1. The first-order chi connectivity index (χ1) is 14.2. The summed E-state index contributed by atoms with van der Waals surface area (Å²) in [7, 11) is -1.45. The number of rotatable bonds is 6. The second-order valence-electron chi connectivity index (χ2n) is 7.76. The van der Waals surface area contributed by atoms with Crippen LogP contribution in [0.25, 0.3) is 16.6 Å². The Morgan fingerprint density at radius 2 is 2.00 bits per heavy atom. The highest BCUT2D eigenvalue weighted by molar-refractivity contribution is 7.88. The minimum atomic E-state index is -3.29. The first-order valence-corrected chi connectivity index (χ1v) is 11.5. The number of amides is 1. The summed E-state index contributed by atoms with van der Waals surface area (Å²) in [6.45, 7) is 2.81. The highest BCUT2D eigenvalue weighted by atomic mass is 32.2. The topological polar surface area (TPSA) is 128 Å². The molecule has 3 N–H and O–H groups in total. The number of fused-ring (bicyclic) bond motifs is 1. The number of nitrogens with zero attached hydrogens (tertiary/aromatic N) is 5. The fraction of sp³-hybridized carbons (Fsp3) is 0.421. The van der Waals surface area contributed by atoms with E-state index < -0.39 is 15.9 Å². The van der Waals surface area contributed by atoms with Crippen molar-refractivity contribution in [2.75, 3.05) is 24.7 Å². The van der Waals surface area contributed by atoms with Gasteiger partial charge in [-0.1, -0.05) is 13.3 Å². The Balaban J connectivity index is 1.77. The van der Waals surface area contributed by atoms with E-state index in [9.17, 15) is 13.2 Å². The summed E-state index contributed by atoms with van der Waals surface area (Å²) in [5, 5.41) is 11.9. The van der Waals surface area contributed by atoms with Gasteiger partial charge in [-0.05, 0) is 12.0 Å². The number of hydrogen-bond acceptors (Lipinski definition) is 6. The summed E-state index contributed by atoms with van der Waals surface area (Å²) in [5.74, 6) is -0.482. The number of primary amides is 1. The maximum Gasteiger partial charge on any atom is 0.252 e. The van der Waals surface area contributed by atoms with E-state index in [0.29, 0.717) is 24.3 Å². The van der Waals surface area contributed by atoms with Crippen molar-refractivity contribution in [1.82, 2.24) is 23.7 Å². The van der Waals surface area contributed by atoms with Crippen molar-refractivity contribution >= 4 is 27.1 Å². The largest absolute Gasteiger partial charge is 0.378 e. The summed E-state index contributed by atoms with van der Waals surface area (Å²) in [5.41, 5.74) is 8.96. The molecule has 10 nitrogen and oxygen atoms in total. The minimum Gasteiger partial charge on any atom is -0.378 e. The molecule has 0 unspecified atom stereocenters. The Bertz CT molecular complexity index is 1210. The van der Waals surface area contributed by atoms with Crippen LogP contribution in [0.1, 0.15) is 23.7 Å². The molecule has 0 aromatic carbocycles. The maximum absolute atomic E-state index is 12.1. The number of nitrogens with two attached hydrogens (primary N) is 1. The lowest BCUT2D eigenvalue weighted by Gasteiger charge is -2.21. The van der Waals surface area contributed by atoms with Crippen LogP contribution in [0, 0.1) is 5.92 Å². The van der Waals surface area contributed by atoms with Gasteiger partial charge in [0, 0.05) is 49.7 Å². The van der Waals surface area contributed by atoms with Gasteiger partial charge >= 0.3 is 0 Å². The van der Waals surface area contributed by atoms with Gasteiger partial charge in [-0.3, -0.25) is 9.48 Å². The molecule has 1 fully saturated rings. The van der Waals surface area contributed by atoms with Gasteiger partial charge in [0.1, 0.15) is 0 Å². The van der Waals surface area contributed by atoms with Crippen molar-refractivity contribution in [2.45, 2.75) is 19.4 Å². The molecule has 4 rings (SSSR count). The van der Waals surface area contributed by atoms with Crippen molar-refractivity contribution in [3.05, 3.63) is 36.4 Å². The normalized spacial score (nSPS) is 20.1. The van der Waals surface area contributed by atoms with Gasteiger partial charge in [-0.15, -0.1) is 0 Å². The van der Waals surface area contributed by atoms with Crippen molar-refractivity contribution in [2.24, 2.45) is 18.7 Å². The number of aromatic nitrogens is 4. The van der Waals surface area contributed by atoms with Crippen LogP contribution in [-0.4, -0.2) is 63.4 Å². The SMILES string of the molecule is CC[C@H]1CN(S(C)(=O)=O)C[C@H]1Nc1c(C(N)=O)cnn2cc(-c3cnn(C)c3)cc12. The van der Waals surface area contributed by atoms with Crippen LogP contribution in [0.3, 0.4) is 0 Å². The Kier molecular flexibility index (Phi) is 5.02. The van der Waals surface area contributed by atoms with Crippen LogP contribution < -0.4 is 11.1 Å².